The molecule has 2 atom stereocenters. The molecular formula is C26H31N7O5. The molecule has 0 N–H and O–H groups in total. The highest BCUT2D eigenvalue weighted by Gasteiger charge is 2.51. The number of fused-ring (bicyclic) bond motifs is 4. The monoisotopic (exact) mass is 521 g/mol. The van der Waals surface area contributed by atoms with Crippen LogP contribution < -0.4 is 0 Å². The van der Waals surface area contributed by atoms with Crippen LogP contribution in [0.25, 0.3) is 0 Å². The lowest BCUT2D eigenvalue weighted by molar-refractivity contribution is -0.160. The van der Waals surface area contributed by atoms with Crippen LogP contribution in [0.4, 0.5) is 4.79 Å². The second-order valence-corrected chi connectivity index (χ2v) is 9.50. The van der Waals surface area contributed by atoms with Gasteiger partial charge in [-0.2, -0.15) is 10.2 Å². The number of likely N-dealkylation sites (N-methyl/N-ethyl adjacent to an activating group) is 1. The lowest BCUT2D eigenvalue weighted by Gasteiger charge is -2.33. The smallest absolute Gasteiger partial charge is 0.333 e. The first-order valence-corrected chi connectivity index (χ1v) is 12.7. The van der Waals surface area contributed by atoms with Crippen molar-refractivity contribution in [3.05, 3.63) is 53.3 Å². The normalized spacial score (nSPS) is 21.4. The van der Waals surface area contributed by atoms with Crippen LogP contribution in [0.1, 0.15) is 48.7 Å². The van der Waals surface area contributed by atoms with E-state index in [-0.39, 0.29) is 38.1 Å². The van der Waals surface area contributed by atoms with Gasteiger partial charge in [-0.3, -0.25) is 33.8 Å². The maximum absolute atomic E-state index is 13.5. The first-order valence-electron chi connectivity index (χ1n) is 12.7. The highest BCUT2D eigenvalue weighted by atomic mass is 16.7. The van der Waals surface area contributed by atoms with Gasteiger partial charge in [-0.25, -0.2) is 4.79 Å². The van der Waals surface area contributed by atoms with Crippen molar-refractivity contribution >= 4 is 29.5 Å². The molecule has 0 radical (unpaired) electrons. The van der Waals surface area contributed by atoms with E-state index in [2.05, 4.69) is 10.1 Å². The maximum Gasteiger partial charge on any atom is 0.345 e. The number of imide groups is 1. The fourth-order valence-corrected chi connectivity index (χ4v) is 5.40. The van der Waals surface area contributed by atoms with Gasteiger partial charge in [0.05, 0.1) is 18.4 Å². The van der Waals surface area contributed by atoms with Crippen LogP contribution >= 0.6 is 0 Å². The Morgan fingerprint density at radius 2 is 1.87 bits per heavy atom. The molecule has 2 saturated heterocycles. The maximum atomic E-state index is 13.5. The van der Waals surface area contributed by atoms with E-state index >= 15 is 0 Å². The summed E-state index contributed by atoms with van der Waals surface area (Å²) in [5.74, 6) is -1.89. The molecule has 12 nitrogen and oxygen atoms in total. The summed E-state index contributed by atoms with van der Waals surface area (Å²) in [5.41, 5.74) is 3.25. The van der Waals surface area contributed by atoms with E-state index in [0.29, 0.717) is 25.3 Å². The van der Waals surface area contributed by atoms with Crippen LogP contribution in [0.15, 0.2) is 41.5 Å². The van der Waals surface area contributed by atoms with E-state index in [1.54, 1.807) is 29.7 Å². The SMILES string of the molecule is CCN1CCN(C(=O)CCC(=NC)[C@@H]2c3c(cnn3C)[C@@H]3CN2C(=O)N3OCc2ccccc2)C(=O)C1=O. The van der Waals surface area contributed by atoms with Gasteiger partial charge in [0.15, 0.2) is 0 Å². The lowest BCUT2D eigenvalue weighted by Crippen LogP contribution is -2.56. The third-order valence-corrected chi connectivity index (χ3v) is 7.43. The van der Waals surface area contributed by atoms with E-state index in [4.69, 9.17) is 4.84 Å². The molecule has 38 heavy (non-hydrogen) atoms. The molecule has 0 unspecified atom stereocenters. The number of carbonyl (C=O) groups is 4. The highest BCUT2D eigenvalue weighted by Crippen LogP contribution is 2.45. The van der Waals surface area contributed by atoms with Crippen molar-refractivity contribution in [3.63, 3.8) is 0 Å². The van der Waals surface area contributed by atoms with Crippen LogP contribution in [0.3, 0.4) is 0 Å². The number of benzene rings is 1. The van der Waals surface area contributed by atoms with E-state index in [1.807, 2.05) is 37.4 Å². The number of hydrogen-bond donors (Lipinski definition) is 0. The van der Waals surface area contributed by atoms with Gasteiger partial charge in [0.25, 0.3) is 0 Å². The standard InChI is InChI=1S/C26H31N7O5/c1-4-30-12-13-31(25(36)24(30)35)21(34)11-10-19(27-2)23-22-18(14-28-29(22)3)20-15-32(23)26(37)33(20)38-16-17-8-6-5-7-9-17/h5-9,14,20,23H,4,10-13,15-16H2,1-3H3/t20-,23+/m0/s1. The average Bonchev–Trinajstić information content (AvgIpc) is 3.44. The quantitative estimate of drug-likeness (QED) is 0.383. The molecule has 3 aliphatic heterocycles. The fourth-order valence-electron chi connectivity index (χ4n) is 5.40. The Morgan fingerprint density at radius 1 is 1.11 bits per heavy atom. The second kappa shape index (κ2) is 10.4. The van der Waals surface area contributed by atoms with Crippen molar-refractivity contribution < 1.29 is 24.0 Å². The van der Waals surface area contributed by atoms with Crippen LogP contribution in [0, 0.1) is 0 Å². The van der Waals surface area contributed by atoms with Crippen molar-refractivity contribution in [2.75, 3.05) is 33.2 Å². The topological polar surface area (TPSA) is 121 Å². The Labute approximate surface area is 220 Å². The van der Waals surface area contributed by atoms with Gasteiger partial charge >= 0.3 is 17.8 Å². The molecule has 2 fully saturated rings. The molecule has 1 aromatic carbocycles. The number of urea groups is 1. The van der Waals surface area contributed by atoms with Gasteiger partial charge in [-0.05, 0) is 18.9 Å². The number of aromatic nitrogens is 2. The summed E-state index contributed by atoms with van der Waals surface area (Å²) in [4.78, 5) is 65.8. The first kappa shape index (κ1) is 25.6. The number of piperazine rings is 1. The summed E-state index contributed by atoms with van der Waals surface area (Å²) in [6.45, 7) is 3.36. The Hall–Kier alpha value is -4.06. The molecule has 0 aliphatic carbocycles. The summed E-state index contributed by atoms with van der Waals surface area (Å²) in [6.07, 6.45) is 1.96. The molecule has 4 heterocycles. The first-order chi connectivity index (χ1) is 18.3. The predicted molar refractivity (Wildman–Crippen MR) is 135 cm³/mol. The van der Waals surface area contributed by atoms with Crippen molar-refractivity contribution in [2.45, 2.75) is 38.5 Å². The molecule has 1 aromatic heterocycles. The van der Waals surface area contributed by atoms with Gasteiger partial charge in [0.1, 0.15) is 18.7 Å². The Bertz CT molecular complexity index is 1290. The highest BCUT2D eigenvalue weighted by molar-refractivity contribution is 6.38. The van der Waals surface area contributed by atoms with Crippen molar-refractivity contribution in [1.82, 2.24) is 29.5 Å². The van der Waals surface area contributed by atoms with Gasteiger partial charge in [0.2, 0.25) is 5.91 Å². The summed E-state index contributed by atoms with van der Waals surface area (Å²) in [6, 6.07) is 8.50. The minimum Gasteiger partial charge on any atom is -0.333 e. The zero-order valence-corrected chi connectivity index (χ0v) is 21.7. The summed E-state index contributed by atoms with van der Waals surface area (Å²) in [7, 11) is 3.44. The number of aliphatic imine (C=N–C) groups is 1. The van der Waals surface area contributed by atoms with E-state index < -0.39 is 23.8 Å². The number of hydroxylamine groups is 2. The van der Waals surface area contributed by atoms with Crippen LogP contribution in [0.5, 0.6) is 0 Å². The number of carbonyl (C=O) groups excluding carboxylic acids is 4. The summed E-state index contributed by atoms with van der Waals surface area (Å²) < 4.78 is 1.73. The van der Waals surface area contributed by atoms with Crippen LogP contribution in [0.2, 0.25) is 0 Å². The Balaban J connectivity index is 1.33. The molecule has 2 aromatic rings. The molecule has 2 bridgehead atoms. The van der Waals surface area contributed by atoms with Crippen LogP contribution in [-0.4, -0.2) is 92.2 Å². The third-order valence-electron chi connectivity index (χ3n) is 7.43. The minimum atomic E-state index is -0.798. The molecule has 0 spiro atoms. The summed E-state index contributed by atoms with van der Waals surface area (Å²) in [5, 5.41) is 5.85. The lowest BCUT2D eigenvalue weighted by atomic mass is 9.92. The fraction of sp³-hybridized carbons (Fsp3) is 0.462. The van der Waals surface area contributed by atoms with Gasteiger partial charge in [-0.1, -0.05) is 30.3 Å². The van der Waals surface area contributed by atoms with E-state index in [1.165, 1.54) is 9.96 Å². The van der Waals surface area contributed by atoms with Gasteiger partial charge in [0, 0.05) is 51.4 Å². The number of rotatable bonds is 8. The number of aryl methyl sites for hydroxylation is 1. The van der Waals surface area contributed by atoms with Crippen molar-refractivity contribution in [1.29, 1.82) is 0 Å². The largest absolute Gasteiger partial charge is 0.345 e. The Kier molecular flexibility index (Phi) is 6.98. The molecular weight excluding hydrogens is 490 g/mol. The van der Waals surface area contributed by atoms with Crippen molar-refractivity contribution in [2.24, 2.45) is 12.0 Å². The van der Waals surface area contributed by atoms with Crippen molar-refractivity contribution in [3.8, 4) is 0 Å². The van der Waals surface area contributed by atoms with Gasteiger partial charge in [-0.15, -0.1) is 0 Å². The van der Waals surface area contributed by atoms with Crippen LogP contribution in [-0.2, 0) is 32.9 Å². The number of hydrogen-bond acceptors (Lipinski definition) is 7. The predicted octanol–water partition coefficient (Wildman–Crippen LogP) is 1.45. The Morgan fingerprint density at radius 3 is 2.58 bits per heavy atom. The molecule has 5 amide bonds. The zero-order valence-electron chi connectivity index (χ0n) is 21.7. The zero-order chi connectivity index (χ0) is 27.0. The van der Waals surface area contributed by atoms with Gasteiger partial charge < -0.3 is 9.80 Å². The number of amides is 5. The van der Waals surface area contributed by atoms with E-state index in [0.717, 1.165) is 21.7 Å². The third kappa shape index (κ3) is 4.34. The number of nitrogens with zero attached hydrogens (tertiary/aromatic N) is 7. The average molecular weight is 522 g/mol. The molecule has 3 aliphatic rings. The molecule has 12 heteroatoms. The summed E-state index contributed by atoms with van der Waals surface area (Å²) >= 11 is 0. The van der Waals surface area contributed by atoms with E-state index in [9.17, 15) is 19.2 Å². The molecule has 200 valence electrons. The second-order valence-electron chi connectivity index (χ2n) is 9.50. The molecule has 5 rings (SSSR count). The minimum absolute atomic E-state index is 0.0127. The molecule has 0 saturated carbocycles.